The van der Waals surface area contributed by atoms with Crippen molar-refractivity contribution in [2.24, 2.45) is 0 Å². The molecule has 1 aromatic rings. The average Bonchev–Trinajstić information content (AvgIpc) is 2.18. The molecule has 1 rings (SSSR count). The van der Waals surface area contributed by atoms with Crippen molar-refractivity contribution in [3.63, 3.8) is 0 Å². The summed E-state index contributed by atoms with van der Waals surface area (Å²) in [6.45, 7) is 1.86. The van der Waals surface area contributed by atoms with Crippen molar-refractivity contribution in [3.05, 3.63) is 24.3 Å². The molecule has 0 fully saturated rings. The number of hydrogen-bond donors (Lipinski definition) is 0. The highest BCUT2D eigenvalue weighted by Crippen LogP contribution is 2.10. The number of alkyl halides is 1. The molecule has 1 atom stereocenters. The molecule has 1 unspecified atom stereocenters. The Kier molecular flexibility index (Phi) is 4.02. The highest BCUT2D eigenvalue weighted by atomic mass is 79.9. The third-order valence-electron chi connectivity index (χ3n) is 1.73. The molecule has 0 spiro atoms. The Bertz CT molecular complexity index is 276. The van der Waals surface area contributed by atoms with E-state index in [-0.39, 0.29) is 10.6 Å². The number of hydrogen-bond acceptors (Lipinski definition) is 3. The minimum atomic E-state index is -0.108. The fourth-order valence-electron chi connectivity index (χ4n) is 0.978. The van der Waals surface area contributed by atoms with Crippen LogP contribution in [0.5, 0.6) is 0 Å². The predicted molar refractivity (Wildman–Crippen MR) is 53.7 cm³/mol. The first-order valence-electron chi connectivity index (χ1n) is 4.14. The van der Waals surface area contributed by atoms with Crippen molar-refractivity contribution in [2.75, 3.05) is 0 Å². The van der Waals surface area contributed by atoms with Gasteiger partial charge in [-0.25, -0.2) is 9.97 Å². The molecule has 0 amide bonds. The second-order valence-corrected chi connectivity index (χ2v) is 3.84. The van der Waals surface area contributed by atoms with E-state index in [4.69, 9.17) is 0 Å². The summed E-state index contributed by atoms with van der Waals surface area (Å²) in [5.41, 5.74) is 0.978. The van der Waals surface area contributed by atoms with Crippen molar-refractivity contribution < 1.29 is 4.79 Å². The molecule has 0 bridgehead atoms. The minimum absolute atomic E-state index is 0.108. The Labute approximate surface area is 85.7 Å². The third-order valence-corrected chi connectivity index (χ3v) is 2.56. The lowest BCUT2D eigenvalue weighted by Gasteiger charge is -2.05. The van der Waals surface area contributed by atoms with Crippen LogP contribution in [0.1, 0.15) is 18.9 Å². The van der Waals surface area contributed by atoms with E-state index in [0.29, 0.717) is 12.8 Å². The van der Waals surface area contributed by atoms with Crippen LogP contribution in [0.25, 0.3) is 0 Å². The van der Waals surface area contributed by atoms with E-state index < -0.39 is 0 Å². The number of rotatable bonds is 4. The van der Waals surface area contributed by atoms with Gasteiger partial charge < -0.3 is 0 Å². The predicted octanol–water partition coefficient (Wildman–Crippen LogP) is 1.76. The molecule has 1 aromatic heterocycles. The monoisotopic (exact) mass is 242 g/mol. The summed E-state index contributed by atoms with van der Waals surface area (Å²) in [4.78, 5) is 18.9. The van der Waals surface area contributed by atoms with E-state index in [9.17, 15) is 4.79 Å². The maximum absolute atomic E-state index is 11.2. The van der Waals surface area contributed by atoms with E-state index in [2.05, 4.69) is 25.9 Å². The second kappa shape index (κ2) is 5.07. The number of Topliss-reactive ketones (excluding diaryl/α,β-unsaturated/α-hetero) is 1. The average molecular weight is 243 g/mol. The normalized spacial score (nSPS) is 12.5. The molecule has 0 aliphatic heterocycles. The molecule has 0 aliphatic rings. The van der Waals surface area contributed by atoms with Crippen LogP contribution in [0.3, 0.4) is 0 Å². The van der Waals surface area contributed by atoms with Gasteiger partial charge in [0.05, 0.1) is 4.83 Å². The van der Waals surface area contributed by atoms with Crippen LogP contribution in [0.15, 0.2) is 18.7 Å². The van der Waals surface area contributed by atoms with E-state index in [0.717, 1.165) is 5.56 Å². The van der Waals surface area contributed by atoms with Gasteiger partial charge in [-0.1, -0.05) is 22.9 Å². The molecule has 0 N–H and O–H groups in total. The van der Waals surface area contributed by atoms with Gasteiger partial charge in [-0.05, 0) is 12.0 Å². The van der Waals surface area contributed by atoms with Crippen molar-refractivity contribution >= 4 is 21.7 Å². The van der Waals surface area contributed by atoms with E-state index in [1.807, 2.05) is 6.92 Å². The molecule has 0 saturated carbocycles. The zero-order chi connectivity index (χ0) is 9.68. The summed E-state index contributed by atoms with van der Waals surface area (Å²) in [6.07, 6.45) is 6.15. The third kappa shape index (κ3) is 3.22. The number of carbonyl (C=O) groups excluding carboxylic acids is 1. The van der Waals surface area contributed by atoms with Crippen LogP contribution in [0, 0.1) is 0 Å². The molecule has 3 nitrogen and oxygen atoms in total. The lowest BCUT2D eigenvalue weighted by molar-refractivity contribution is -0.118. The van der Waals surface area contributed by atoms with Gasteiger partial charge in [0.1, 0.15) is 12.1 Å². The molecule has 0 aromatic carbocycles. The summed E-state index contributed by atoms with van der Waals surface area (Å²) in [7, 11) is 0. The largest absolute Gasteiger partial charge is 0.298 e. The Morgan fingerprint density at radius 1 is 1.54 bits per heavy atom. The molecule has 70 valence electrons. The first-order chi connectivity index (χ1) is 6.24. The van der Waals surface area contributed by atoms with Crippen LogP contribution in [-0.4, -0.2) is 20.6 Å². The Hall–Kier alpha value is -0.770. The number of nitrogens with zero attached hydrogens (tertiary/aromatic N) is 2. The first kappa shape index (κ1) is 10.3. The second-order valence-electron chi connectivity index (χ2n) is 2.74. The van der Waals surface area contributed by atoms with Crippen LogP contribution in [0.4, 0.5) is 0 Å². The highest BCUT2D eigenvalue weighted by molar-refractivity contribution is 9.10. The van der Waals surface area contributed by atoms with Gasteiger partial charge in [-0.2, -0.15) is 0 Å². The lowest BCUT2D eigenvalue weighted by Crippen LogP contribution is -2.15. The van der Waals surface area contributed by atoms with Gasteiger partial charge >= 0.3 is 0 Å². The number of ketones is 1. The van der Waals surface area contributed by atoms with Gasteiger partial charge in [0.15, 0.2) is 0 Å². The van der Waals surface area contributed by atoms with Crippen LogP contribution >= 0.6 is 15.9 Å². The smallest absolute Gasteiger partial charge is 0.146 e. The zero-order valence-electron chi connectivity index (χ0n) is 7.40. The fraction of sp³-hybridized carbons (Fsp3) is 0.444. The SMILES string of the molecule is CCC(=O)C(Br)Cc1cncnc1. The molecule has 4 heteroatoms. The molecule has 0 saturated heterocycles. The van der Waals surface area contributed by atoms with E-state index >= 15 is 0 Å². The van der Waals surface area contributed by atoms with Crippen molar-refractivity contribution in [1.29, 1.82) is 0 Å². The number of aromatic nitrogens is 2. The quantitative estimate of drug-likeness (QED) is 0.757. The number of carbonyl (C=O) groups is 1. The van der Waals surface area contributed by atoms with E-state index in [1.165, 1.54) is 6.33 Å². The van der Waals surface area contributed by atoms with Crippen LogP contribution in [0.2, 0.25) is 0 Å². The molecular formula is C9H11BrN2O. The van der Waals surface area contributed by atoms with Crippen molar-refractivity contribution in [2.45, 2.75) is 24.6 Å². The van der Waals surface area contributed by atoms with Crippen molar-refractivity contribution in [1.82, 2.24) is 9.97 Å². The summed E-state index contributed by atoms with van der Waals surface area (Å²) in [5.74, 6) is 0.212. The van der Waals surface area contributed by atoms with Crippen LogP contribution in [-0.2, 0) is 11.2 Å². The Balaban J connectivity index is 2.55. The Morgan fingerprint density at radius 2 is 2.15 bits per heavy atom. The zero-order valence-corrected chi connectivity index (χ0v) is 8.99. The topological polar surface area (TPSA) is 42.9 Å². The molecule has 0 radical (unpaired) electrons. The maximum Gasteiger partial charge on any atom is 0.146 e. The molecule has 0 aliphatic carbocycles. The standard InChI is InChI=1S/C9H11BrN2O/c1-2-9(13)8(10)3-7-4-11-6-12-5-7/h4-6,8H,2-3H2,1H3. The molecular weight excluding hydrogens is 232 g/mol. The van der Waals surface area contributed by atoms with E-state index in [1.54, 1.807) is 12.4 Å². The summed E-state index contributed by atoms with van der Waals surface area (Å²) < 4.78 is 0. The summed E-state index contributed by atoms with van der Waals surface area (Å²) in [6, 6.07) is 0. The number of halogens is 1. The molecule has 1 heterocycles. The lowest BCUT2D eigenvalue weighted by atomic mass is 10.1. The fourth-order valence-corrected chi connectivity index (χ4v) is 1.68. The summed E-state index contributed by atoms with van der Waals surface area (Å²) >= 11 is 3.34. The van der Waals surface area contributed by atoms with Gasteiger partial charge in [-0.3, -0.25) is 4.79 Å². The minimum Gasteiger partial charge on any atom is -0.298 e. The highest BCUT2D eigenvalue weighted by Gasteiger charge is 2.12. The van der Waals surface area contributed by atoms with Crippen LogP contribution < -0.4 is 0 Å². The van der Waals surface area contributed by atoms with Gasteiger partial charge in [-0.15, -0.1) is 0 Å². The summed E-state index contributed by atoms with van der Waals surface area (Å²) in [5, 5.41) is 0. The van der Waals surface area contributed by atoms with Gasteiger partial charge in [0.2, 0.25) is 0 Å². The Morgan fingerprint density at radius 3 is 2.69 bits per heavy atom. The van der Waals surface area contributed by atoms with Crippen molar-refractivity contribution in [3.8, 4) is 0 Å². The van der Waals surface area contributed by atoms with Gasteiger partial charge in [0.25, 0.3) is 0 Å². The molecule has 13 heavy (non-hydrogen) atoms. The first-order valence-corrected chi connectivity index (χ1v) is 5.06. The maximum atomic E-state index is 11.2. The van der Waals surface area contributed by atoms with Gasteiger partial charge in [0, 0.05) is 18.8 Å².